The summed E-state index contributed by atoms with van der Waals surface area (Å²) in [7, 11) is 0. The van der Waals surface area contributed by atoms with Crippen molar-refractivity contribution >= 4 is 5.97 Å². The van der Waals surface area contributed by atoms with Crippen molar-refractivity contribution < 1.29 is 14.6 Å². The van der Waals surface area contributed by atoms with Crippen LogP contribution in [0.3, 0.4) is 0 Å². The van der Waals surface area contributed by atoms with Crippen molar-refractivity contribution in [3.8, 4) is 5.75 Å². The zero-order valence-corrected chi connectivity index (χ0v) is 9.84. The Morgan fingerprint density at radius 3 is 2.41 bits per heavy atom. The van der Waals surface area contributed by atoms with Crippen molar-refractivity contribution in [2.75, 3.05) is 0 Å². The molecule has 1 N–H and O–H groups in total. The minimum atomic E-state index is -0.847. The van der Waals surface area contributed by atoms with Crippen molar-refractivity contribution in [3.63, 3.8) is 0 Å². The molecule has 0 heterocycles. The summed E-state index contributed by atoms with van der Waals surface area (Å²) in [4.78, 5) is 11.3. The molecule has 2 rings (SSSR count). The maximum Gasteiger partial charge on any atom is 0.345 e. The van der Waals surface area contributed by atoms with Gasteiger partial charge >= 0.3 is 5.97 Å². The highest BCUT2D eigenvalue weighted by Crippen LogP contribution is 2.29. The van der Waals surface area contributed by atoms with Gasteiger partial charge in [-0.2, -0.15) is 0 Å². The van der Waals surface area contributed by atoms with Gasteiger partial charge < -0.3 is 9.84 Å². The second kappa shape index (κ2) is 5.71. The van der Waals surface area contributed by atoms with Gasteiger partial charge in [0.2, 0.25) is 0 Å². The molecule has 0 bridgehead atoms. The SMILES string of the molecule is O=C(O)C(Oc1ccccc1)C1CCCCC1. The quantitative estimate of drug-likeness (QED) is 0.870. The van der Waals surface area contributed by atoms with Crippen LogP contribution < -0.4 is 4.74 Å². The fourth-order valence-corrected chi connectivity index (χ4v) is 2.43. The summed E-state index contributed by atoms with van der Waals surface area (Å²) in [5, 5.41) is 9.26. The van der Waals surface area contributed by atoms with E-state index in [4.69, 9.17) is 4.74 Å². The summed E-state index contributed by atoms with van der Waals surface area (Å²) in [5.41, 5.74) is 0. The molecule has 0 spiro atoms. The van der Waals surface area contributed by atoms with E-state index in [-0.39, 0.29) is 5.92 Å². The second-order valence-corrected chi connectivity index (χ2v) is 4.59. The topological polar surface area (TPSA) is 46.5 Å². The van der Waals surface area contributed by atoms with E-state index in [0.29, 0.717) is 5.75 Å². The Balaban J connectivity index is 2.04. The molecule has 17 heavy (non-hydrogen) atoms. The largest absolute Gasteiger partial charge is 0.478 e. The first-order valence-electron chi connectivity index (χ1n) is 6.22. The molecule has 0 aliphatic heterocycles. The van der Waals surface area contributed by atoms with Crippen LogP contribution in [0.15, 0.2) is 30.3 Å². The molecule has 0 aromatic heterocycles. The zero-order valence-electron chi connectivity index (χ0n) is 9.84. The number of carboxylic acids is 1. The van der Waals surface area contributed by atoms with E-state index >= 15 is 0 Å². The smallest absolute Gasteiger partial charge is 0.345 e. The number of benzene rings is 1. The van der Waals surface area contributed by atoms with Gasteiger partial charge in [-0.3, -0.25) is 0 Å². The number of hydrogen-bond donors (Lipinski definition) is 1. The Kier molecular flexibility index (Phi) is 4.02. The molecule has 1 atom stereocenters. The molecular formula is C14H18O3. The average Bonchev–Trinajstić information content (AvgIpc) is 2.38. The molecule has 0 amide bonds. The van der Waals surface area contributed by atoms with Crippen LogP contribution in [0.4, 0.5) is 0 Å². The standard InChI is InChI=1S/C14H18O3/c15-14(16)13(11-7-3-1-4-8-11)17-12-9-5-2-6-10-12/h2,5-6,9-11,13H,1,3-4,7-8H2,(H,15,16). The third kappa shape index (κ3) is 3.22. The zero-order chi connectivity index (χ0) is 12.1. The van der Waals surface area contributed by atoms with Crippen LogP contribution >= 0.6 is 0 Å². The monoisotopic (exact) mass is 234 g/mol. The number of carbonyl (C=O) groups is 1. The van der Waals surface area contributed by atoms with Gasteiger partial charge in [0.1, 0.15) is 5.75 Å². The van der Waals surface area contributed by atoms with Crippen LogP contribution in [0.5, 0.6) is 5.75 Å². The van der Waals surface area contributed by atoms with Crippen LogP contribution in [0.1, 0.15) is 32.1 Å². The lowest BCUT2D eigenvalue weighted by molar-refractivity contribution is -0.148. The maximum atomic E-state index is 11.3. The molecule has 1 aromatic carbocycles. The number of para-hydroxylation sites is 1. The van der Waals surface area contributed by atoms with Gasteiger partial charge in [0.05, 0.1) is 0 Å². The lowest BCUT2D eigenvalue weighted by Crippen LogP contribution is -2.36. The highest BCUT2D eigenvalue weighted by Gasteiger charge is 2.31. The number of ether oxygens (including phenoxy) is 1. The lowest BCUT2D eigenvalue weighted by Gasteiger charge is -2.27. The van der Waals surface area contributed by atoms with Crippen molar-refractivity contribution in [3.05, 3.63) is 30.3 Å². The van der Waals surface area contributed by atoms with Crippen molar-refractivity contribution in [1.29, 1.82) is 0 Å². The van der Waals surface area contributed by atoms with E-state index in [1.54, 1.807) is 12.1 Å². The molecule has 1 aliphatic carbocycles. The Labute approximate surface area is 101 Å². The maximum absolute atomic E-state index is 11.3. The van der Waals surface area contributed by atoms with Crippen LogP contribution in [-0.2, 0) is 4.79 Å². The van der Waals surface area contributed by atoms with Gasteiger partial charge in [-0.15, -0.1) is 0 Å². The molecule has 0 radical (unpaired) electrons. The normalized spacial score (nSPS) is 18.6. The van der Waals surface area contributed by atoms with E-state index in [0.717, 1.165) is 25.7 Å². The molecule has 0 saturated heterocycles. The summed E-state index contributed by atoms with van der Waals surface area (Å²) >= 11 is 0. The fourth-order valence-electron chi connectivity index (χ4n) is 2.43. The highest BCUT2D eigenvalue weighted by atomic mass is 16.5. The van der Waals surface area contributed by atoms with Crippen LogP contribution in [0, 0.1) is 5.92 Å². The summed E-state index contributed by atoms with van der Waals surface area (Å²) < 4.78 is 5.62. The second-order valence-electron chi connectivity index (χ2n) is 4.59. The summed E-state index contributed by atoms with van der Waals surface area (Å²) in [5.74, 6) is -0.0484. The van der Waals surface area contributed by atoms with Gasteiger partial charge in [-0.25, -0.2) is 4.79 Å². The third-order valence-electron chi connectivity index (χ3n) is 3.33. The molecule has 92 valence electrons. The molecule has 3 nitrogen and oxygen atoms in total. The van der Waals surface area contributed by atoms with E-state index in [2.05, 4.69) is 0 Å². The van der Waals surface area contributed by atoms with Crippen molar-refractivity contribution in [1.82, 2.24) is 0 Å². The van der Waals surface area contributed by atoms with Gasteiger partial charge in [0.25, 0.3) is 0 Å². The molecule has 1 aromatic rings. The Hall–Kier alpha value is -1.51. The molecule has 1 saturated carbocycles. The van der Waals surface area contributed by atoms with Crippen LogP contribution in [0.25, 0.3) is 0 Å². The first-order valence-corrected chi connectivity index (χ1v) is 6.22. The predicted octanol–water partition coefficient (Wildman–Crippen LogP) is 3.10. The minimum Gasteiger partial charge on any atom is -0.478 e. The van der Waals surface area contributed by atoms with Gasteiger partial charge in [0.15, 0.2) is 6.10 Å². The van der Waals surface area contributed by atoms with Crippen LogP contribution in [-0.4, -0.2) is 17.2 Å². The Morgan fingerprint density at radius 2 is 1.82 bits per heavy atom. The molecule has 1 unspecified atom stereocenters. The predicted molar refractivity (Wildman–Crippen MR) is 65.1 cm³/mol. The number of aliphatic carboxylic acids is 1. The average molecular weight is 234 g/mol. The molecule has 1 aliphatic rings. The lowest BCUT2D eigenvalue weighted by atomic mass is 9.85. The highest BCUT2D eigenvalue weighted by molar-refractivity contribution is 5.73. The first-order chi connectivity index (χ1) is 8.27. The first kappa shape index (κ1) is 12.0. The minimum absolute atomic E-state index is 0.154. The Morgan fingerprint density at radius 1 is 1.18 bits per heavy atom. The summed E-state index contributed by atoms with van der Waals surface area (Å²) in [6.45, 7) is 0. The third-order valence-corrected chi connectivity index (χ3v) is 3.33. The van der Waals surface area contributed by atoms with E-state index in [9.17, 15) is 9.90 Å². The number of hydrogen-bond acceptors (Lipinski definition) is 2. The van der Waals surface area contributed by atoms with E-state index in [1.165, 1.54) is 6.42 Å². The van der Waals surface area contributed by atoms with Gasteiger partial charge in [-0.05, 0) is 25.0 Å². The van der Waals surface area contributed by atoms with E-state index < -0.39 is 12.1 Å². The van der Waals surface area contributed by atoms with E-state index in [1.807, 2.05) is 18.2 Å². The fraction of sp³-hybridized carbons (Fsp3) is 0.500. The summed E-state index contributed by atoms with van der Waals surface area (Å²) in [6.07, 6.45) is 4.68. The molecule has 1 fully saturated rings. The molecule has 3 heteroatoms. The number of carboxylic acid groups (broad SMARTS) is 1. The van der Waals surface area contributed by atoms with Crippen molar-refractivity contribution in [2.45, 2.75) is 38.2 Å². The van der Waals surface area contributed by atoms with Gasteiger partial charge in [-0.1, -0.05) is 37.5 Å². The number of rotatable bonds is 4. The van der Waals surface area contributed by atoms with Crippen LogP contribution in [0.2, 0.25) is 0 Å². The van der Waals surface area contributed by atoms with Gasteiger partial charge in [0, 0.05) is 5.92 Å². The Bertz CT molecular complexity index is 355. The summed E-state index contributed by atoms with van der Waals surface area (Å²) in [6, 6.07) is 9.21. The molecular weight excluding hydrogens is 216 g/mol. The van der Waals surface area contributed by atoms with Crippen molar-refractivity contribution in [2.24, 2.45) is 5.92 Å².